The third-order valence-electron chi connectivity index (χ3n) is 5.06. The molecule has 3 aliphatic heterocycles. The first kappa shape index (κ1) is 13.4. The van der Waals surface area contributed by atoms with Crippen molar-refractivity contribution in [2.75, 3.05) is 13.7 Å². The summed E-state index contributed by atoms with van der Waals surface area (Å²) >= 11 is 0. The SMILES string of the molecule is COc1cc([C@@H]2O[C@]3(C)O[C@]4(C)C[C@@H]3[C@H]2CO4)ccc1O. The number of rotatable bonds is 2. The fourth-order valence-corrected chi connectivity index (χ4v) is 4.08. The van der Waals surface area contributed by atoms with Crippen LogP contribution in [0.15, 0.2) is 18.2 Å². The quantitative estimate of drug-likeness (QED) is 0.908. The van der Waals surface area contributed by atoms with Gasteiger partial charge in [0.15, 0.2) is 23.1 Å². The van der Waals surface area contributed by atoms with Crippen molar-refractivity contribution in [3.8, 4) is 11.5 Å². The first-order valence-corrected chi connectivity index (χ1v) is 7.33. The van der Waals surface area contributed by atoms with Crippen LogP contribution in [0, 0.1) is 11.8 Å². The second-order valence-electron chi connectivity index (χ2n) is 6.51. The normalized spacial score (nSPS) is 44.0. The van der Waals surface area contributed by atoms with Crippen LogP contribution in [0.5, 0.6) is 11.5 Å². The minimum absolute atomic E-state index is 0.0978. The van der Waals surface area contributed by atoms with Gasteiger partial charge in [0, 0.05) is 18.3 Å². The zero-order valence-corrected chi connectivity index (χ0v) is 12.5. The molecule has 4 rings (SSSR count). The van der Waals surface area contributed by atoms with Crippen molar-refractivity contribution in [2.45, 2.75) is 37.9 Å². The molecule has 0 spiro atoms. The molecule has 2 bridgehead atoms. The van der Waals surface area contributed by atoms with Gasteiger partial charge in [-0.15, -0.1) is 0 Å². The van der Waals surface area contributed by atoms with Crippen LogP contribution in [0.4, 0.5) is 0 Å². The molecule has 3 heterocycles. The lowest BCUT2D eigenvalue weighted by Crippen LogP contribution is -2.38. The monoisotopic (exact) mass is 292 g/mol. The molecule has 114 valence electrons. The van der Waals surface area contributed by atoms with E-state index >= 15 is 0 Å². The highest BCUT2D eigenvalue weighted by molar-refractivity contribution is 5.43. The van der Waals surface area contributed by atoms with E-state index in [9.17, 15) is 5.11 Å². The predicted molar refractivity (Wildman–Crippen MR) is 73.9 cm³/mol. The van der Waals surface area contributed by atoms with Crippen LogP contribution in [0.2, 0.25) is 0 Å². The van der Waals surface area contributed by atoms with Crippen LogP contribution in [0.25, 0.3) is 0 Å². The molecule has 0 radical (unpaired) electrons. The Morgan fingerprint density at radius 1 is 1.33 bits per heavy atom. The Morgan fingerprint density at radius 2 is 2.14 bits per heavy atom. The molecule has 21 heavy (non-hydrogen) atoms. The summed E-state index contributed by atoms with van der Waals surface area (Å²) in [5.74, 6) is 0.0928. The maximum absolute atomic E-state index is 9.74. The number of ether oxygens (including phenoxy) is 4. The van der Waals surface area contributed by atoms with Crippen molar-refractivity contribution < 1.29 is 24.1 Å². The molecule has 0 aromatic heterocycles. The molecule has 1 aromatic carbocycles. The van der Waals surface area contributed by atoms with Crippen molar-refractivity contribution in [1.29, 1.82) is 0 Å². The highest BCUT2D eigenvalue weighted by Crippen LogP contribution is 2.60. The molecule has 0 amide bonds. The summed E-state index contributed by atoms with van der Waals surface area (Å²) in [4.78, 5) is 0. The molecule has 5 atom stereocenters. The lowest BCUT2D eigenvalue weighted by atomic mass is 9.80. The minimum Gasteiger partial charge on any atom is -0.504 e. The maximum Gasteiger partial charge on any atom is 0.173 e. The van der Waals surface area contributed by atoms with Crippen LogP contribution in [0.3, 0.4) is 0 Å². The number of methoxy groups -OCH3 is 1. The van der Waals surface area contributed by atoms with Gasteiger partial charge in [-0.1, -0.05) is 6.07 Å². The van der Waals surface area contributed by atoms with Gasteiger partial charge in [-0.25, -0.2) is 0 Å². The molecule has 5 nitrogen and oxygen atoms in total. The van der Waals surface area contributed by atoms with E-state index in [1.165, 1.54) is 0 Å². The lowest BCUT2D eigenvalue weighted by Gasteiger charge is -2.35. The van der Waals surface area contributed by atoms with Crippen molar-refractivity contribution >= 4 is 0 Å². The topological polar surface area (TPSA) is 57.2 Å². The average Bonchev–Trinajstić information content (AvgIpc) is 2.81. The fourth-order valence-electron chi connectivity index (χ4n) is 4.08. The lowest BCUT2D eigenvalue weighted by molar-refractivity contribution is -0.320. The van der Waals surface area contributed by atoms with Crippen molar-refractivity contribution in [1.82, 2.24) is 0 Å². The summed E-state index contributed by atoms with van der Waals surface area (Å²) in [5, 5.41) is 9.74. The van der Waals surface area contributed by atoms with Gasteiger partial charge >= 0.3 is 0 Å². The Kier molecular flexibility index (Phi) is 2.62. The fraction of sp³-hybridized carbons (Fsp3) is 0.625. The minimum atomic E-state index is -0.592. The summed E-state index contributed by atoms with van der Waals surface area (Å²) in [5.41, 5.74) is 0.987. The Balaban J connectivity index is 1.69. The average molecular weight is 292 g/mol. The van der Waals surface area contributed by atoms with E-state index in [-0.39, 0.29) is 17.8 Å². The Hall–Kier alpha value is -1.30. The smallest absolute Gasteiger partial charge is 0.173 e. The van der Waals surface area contributed by atoms with Gasteiger partial charge in [-0.3, -0.25) is 0 Å². The molecular weight excluding hydrogens is 272 g/mol. The zero-order valence-electron chi connectivity index (χ0n) is 12.5. The molecule has 1 aromatic rings. The zero-order chi connectivity index (χ0) is 14.8. The van der Waals surface area contributed by atoms with Crippen LogP contribution in [-0.4, -0.2) is 30.4 Å². The second-order valence-corrected chi connectivity index (χ2v) is 6.51. The number of hydrogen-bond acceptors (Lipinski definition) is 5. The second kappa shape index (κ2) is 4.12. The van der Waals surface area contributed by atoms with E-state index in [0.717, 1.165) is 12.0 Å². The van der Waals surface area contributed by atoms with Gasteiger partial charge in [0.25, 0.3) is 0 Å². The summed E-state index contributed by atoms with van der Waals surface area (Å²) in [6.45, 7) is 4.61. The number of hydrogen-bond donors (Lipinski definition) is 1. The summed E-state index contributed by atoms with van der Waals surface area (Å²) in [6.07, 6.45) is 0.763. The van der Waals surface area contributed by atoms with Gasteiger partial charge in [-0.2, -0.15) is 0 Å². The highest BCUT2D eigenvalue weighted by atomic mass is 16.8. The van der Waals surface area contributed by atoms with E-state index in [4.69, 9.17) is 18.9 Å². The number of aromatic hydroxyl groups is 1. The van der Waals surface area contributed by atoms with Crippen molar-refractivity contribution in [2.24, 2.45) is 11.8 Å². The standard InChI is InChI=1S/C16H20O5/c1-15-7-11-10(8-19-15)14(20-16(11,2)21-15)9-4-5-12(17)13(6-9)18-3/h4-6,10-11,14,17H,7-8H2,1-3H3/t10-,11-,14+,15-,16-/m1/s1. The molecule has 0 unspecified atom stereocenters. The first-order chi connectivity index (χ1) is 9.94. The Morgan fingerprint density at radius 3 is 2.90 bits per heavy atom. The summed E-state index contributed by atoms with van der Waals surface area (Å²) in [6, 6.07) is 5.35. The van der Waals surface area contributed by atoms with Crippen molar-refractivity contribution in [3.63, 3.8) is 0 Å². The molecule has 1 N–H and O–H groups in total. The van der Waals surface area contributed by atoms with Gasteiger partial charge < -0.3 is 24.1 Å². The van der Waals surface area contributed by atoms with Crippen LogP contribution >= 0.6 is 0 Å². The van der Waals surface area contributed by atoms with Gasteiger partial charge in [-0.05, 0) is 31.5 Å². The third kappa shape index (κ3) is 1.81. The molecular formula is C16H20O5. The Labute approximate surface area is 123 Å². The number of phenolic OH excluding ortho intramolecular Hbond substituents is 1. The molecule has 0 aliphatic carbocycles. The largest absolute Gasteiger partial charge is 0.504 e. The number of phenols is 1. The van der Waals surface area contributed by atoms with Crippen LogP contribution in [-0.2, 0) is 14.2 Å². The maximum atomic E-state index is 9.74. The van der Waals surface area contributed by atoms with Gasteiger partial charge in [0.05, 0.1) is 19.8 Å². The molecule has 3 saturated heterocycles. The molecule has 5 heteroatoms. The summed E-state index contributed by atoms with van der Waals surface area (Å²) < 4.78 is 23.4. The first-order valence-electron chi connectivity index (χ1n) is 7.33. The Bertz CT molecular complexity index is 588. The van der Waals surface area contributed by atoms with E-state index in [1.807, 2.05) is 26.0 Å². The van der Waals surface area contributed by atoms with Crippen LogP contribution in [0.1, 0.15) is 31.9 Å². The number of fused-ring (bicyclic) bond motifs is 1. The van der Waals surface area contributed by atoms with E-state index in [0.29, 0.717) is 18.3 Å². The molecule has 3 aliphatic rings. The van der Waals surface area contributed by atoms with E-state index < -0.39 is 11.6 Å². The summed E-state index contributed by atoms with van der Waals surface area (Å²) in [7, 11) is 1.54. The van der Waals surface area contributed by atoms with Crippen LogP contribution < -0.4 is 4.74 Å². The van der Waals surface area contributed by atoms with E-state index in [2.05, 4.69) is 0 Å². The molecule has 0 saturated carbocycles. The predicted octanol–water partition coefficient (Wildman–Crippen LogP) is 2.59. The van der Waals surface area contributed by atoms with Gasteiger partial charge in [0.2, 0.25) is 0 Å². The third-order valence-corrected chi connectivity index (χ3v) is 5.06. The van der Waals surface area contributed by atoms with Gasteiger partial charge in [0.1, 0.15) is 0 Å². The van der Waals surface area contributed by atoms with Crippen molar-refractivity contribution in [3.05, 3.63) is 23.8 Å². The highest BCUT2D eigenvalue weighted by Gasteiger charge is 2.65. The molecule has 3 fully saturated rings. The number of benzene rings is 1. The van der Waals surface area contributed by atoms with E-state index in [1.54, 1.807) is 13.2 Å².